The SMILES string of the molecule is COc1ccc2c(c1)c(/C=C1\Oc3c(ccc(O)c3CN3CCN(Cc4ccc5c(c4)OCO5)CC3)C1=O)cn2C. The molecule has 0 radical (unpaired) electrons. The Morgan fingerprint density at radius 3 is 2.54 bits per heavy atom. The maximum absolute atomic E-state index is 13.4. The van der Waals surface area contributed by atoms with Crippen LogP contribution in [0.25, 0.3) is 17.0 Å². The van der Waals surface area contributed by atoms with Crippen molar-refractivity contribution in [2.75, 3.05) is 40.1 Å². The Morgan fingerprint density at radius 1 is 0.951 bits per heavy atom. The summed E-state index contributed by atoms with van der Waals surface area (Å²) in [6.07, 6.45) is 3.75. The minimum atomic E-state index is -0.185. The molecule has 0 spiro atoms. The minimum absolute atomic E-state index is 0.135. The van der Waals surface area contributed by atoms with E-state index in [0.29, 0.717) is 23.4 Å². The Labute approximate surface area is 237 Å². The van der Waals surface area contributed by atoms with Crippen molar-refractivity contribution < 1.29 is 28.8 Å². The van der Waals surface area contributed by atoms with Gasteiger partial charge in [-0.15, -0.1) is 0 Å². The Morgan fingerprint density at radius 2 is 1.73 bits per heavy atom. The molecule has 1 aromatic heterocycles. The third-order valence-electron chi connectivity index (χ3n) is 8.12. The van der Waals surface area contributed by atoms with E-state index in [1.54, 1.807) is 25.3 Å². The van der Waals surface area contributed by atoms with Crippen LogP contribution in [-0.4, -0.2) is 65.3 Å². The van der Waals surface area contributed by atoms with Crippen LogP contribution in [0.15, 0.2) is 60.5 Å². The lowest BCUT2D eigenvalue weighted by Crippen LogP contribution is -2.45. The van der Waals surface area contributed by atoms with E-state index in [1.165, 1.54) is 5.56 Å². The second kappa shape index (κ2) is 10.2. The standard InChI is InChI=1S/C32H31N3O6/c1-33-17-21(24-15-22(38-2)4-6-26(24)33)14-30-31(37)23-5-7-27(36)25(32(23)41-30)18-35-11-9-34(10-12-35)16-20-3-8-28-29(13-20)40-19-39-28/h3-8,13-15,17,36H,9-12,16,18-19H2,1-2H3/b30-14-. The van der Waals surface area contributed by atoms with Crippen molar-refractivity contribution in [1.82, 2.24) is 14.4 Å². The van der Waals surface area contributed by atoms with Crippen molar-refractivity contribution in [2.24, 2.45) is 7.05 Å². The van der Waals surface area contributed by atoms with Crippen molar-refractivity contribution in [1.29, 1.82) is 0 Å². The average Bonchev–Trinajstić information content (AvgIpc) is 3.67. The Hall–Kier alpha value is -4.47. The van der Waals surface area contributed by atoms with Crippen LogP contribution in [0, 0.1) is 0 Å². The number of ketones is 1. The third-order valence-corrected chi connectivity index (χ3v) is 8.12. The first kappa shape index (κ1) is 25.5. The average molecular weight is 554 g/mol. The molecule has 0 atom stereocenters. The predicted molar refractivity (Wildman–Crippen MR) is 154 cm³/mol. The van der Waals surface area contributed by atoms with E-state index in [1.807, 2.05) is 48.1 Å². The van der Waals surface area contributed by atoms with Crippen molar-refractivity contribution in [2.45, 2.75) is 13.1 Å². The first-order valence-electron chi connectivity index (χ1n) is 13.7. The number of hydrogen-bond donors (Lipinski definition) is 1. The van der Waals surface area contributed by atoms with Crippen molar-refractivity contribution >= 4 is 22.8 Å². The number of carbonyl (C=O) groups is 1. The van der Waals surface area contributed by atoms with Gasteiger partial charge in [0.05, 0.1) is 18.2 Å². The van der Waals surface area contributed by atoms with Gasteiger partial charge in [-0.3, -0.25) is 14.6 Å². The van der Waals surface area contributed by atoms with E-state index >= 15 is 0 Å². The van der Waals surface area contributed by atoms with Gasteiger partial charge in [0.25, 0.3) is 0 Å². The second-order valence-corrected chi connectivity index (χ2v) is 10.7. The molecule has 3 aliphatic rings. The number of nitrogens with zero attached hydrogens (tertiary/aromatic N) is 3. The van der Waals surface area contributed by atoms with Crippen LogP contribution < -0.4 is 18.9 Å². The molecular formula is C32H31N3O6. The number of ether oxygens (including phenoxy) is 4. The van der Waals surface area contributed by atoms with E-state index < -0.39 is 0 Å². The van der Waals surface area contributed by atoms with Gasteiger partial charge >= 0.3 is 0 Å². The molecule has 1 saturated heterocycles. The number of allylic oxidation sites excluding steroid dienone is 1. The predicted octanol–water partition coefficient (Wildman–Crippen LogP) is 4.56. The maximum Gasteiger partial charge on any atom is 0.231 e. The molecular weight excluding hydrogens is 522 g/mol. The Balaban J connectivity index is 1.07. The van der Waals surface area contributed by atoms with Gasteiger partial charge in [-0.25, -0.2) is 0 Å². The molecule has 1 N–H and O–H groups in total. The number of rotatable bonds is 6. The normalized spacial score (nSPS) is 17.8. The Kier molecular flexibility index (Phi) is 6.33. The molecule has 0 unspecified atom stereocenters. The molecule has 7 rings (SSSR count). The van der Waals surface area contributed by atoms with Crippen LogP contribution in [0.4, 0.5) is 0 Å². The quantitative estimate of drug-likeness (QED) is 0.348. The van der Waals surface area contributed by atoms with Gasteiger partial charge in [0.1, 0.15) is 17.2 Å². The fourth-order valence-corrected chi connectivity index (χ4v) is 5.86. The molecule has 0 amide bonds. The number of phenolic OH excluding ortho intramolecular Hbond substituents is 1. The molecule has 0 aliphatic carbocycles. The lowest BCUT2D eigenvalue weighted by atomic mass is 10.0. The number of methoxy groups -OCH3 is 1. The molecule has 1 fully saturated rings. The maximum atomic E-state index is 13.4. The molecule has 3 aliphatic heterocycles. The van der Waals surface area contributed by atoms with Gasteiger partial charge in [-0.05, 0) is 54.1 Å². The number of aryl methyl sites for hydroxylation is 1. The fraction of sp³-hybridized carbons (Fsp3) is 0.281. The zero-order chi connectivity index (χ0) is 28.1. The third kappa shape index (κ3) is 4.67. The molecule has 3 aromatic carbocycles. The zero-order valence-electron chi connectivity index (χ0n) is 23.1. The number of Topliss-reactive ketones (excluding diaryl/α,β-unsaturated/α-hetero) is 1. The number of fused-ring (bicyclic) bond motifs is 3. The fourth-order valence-electron chi connectivity index (χ4n) is 5.86. The first-order chi connectivity index (χ1) is 20.0. The number of aromatic nitrogens is 1. The van der Waals surface area contributed by atoms with Crippen LogP contribution in [0.5, 0.6) is 28.7 Å². The smallest absolute Gasteiger partial charge is 0.231 e. The molecule has 9 nitrogen and oxygen atoms in total. The summed E-state index contributed by atoms with van der Waals surface area (Å²) in [6.45, 7) is 5.06. The van der Waals surface area contributed by atoms with Gasteiger partial charge < -0.3 is 28.6 Å². The van der Waals surface area contributed by atoms with Gasteiger partial charge in [0.2, 0.25) is 12.6 Å². The van der Waals surface area contributed by atoms with Crippen LogP contribution in [0.2, 0.25) is 0 Å². The summed E-state index contributed by atoms with van der Waals surface area (Å²) in [5.41, 5.74) is 4.20. The molecule has 4 heterocycles. The molecule has 210 valence electrons. The molecule has 4 aromatic rings. The van der Waals surface area contributed by atoms with Crippen molar-refractivity contribution in [3.63, 3.8) is 0 Å². The molecule has 41 heavy (non-hydrogen) atoms. The number of hydrogen-bond acceptors (Lipinski definition) is 8. The van der Waals surface area contributed by atoms with E-state index in [-0.39, 0.29) is 24.1 Å². The van der Waals surface area contributed by atoms with Crippen molar-refractivity contribution in [3.8, 4) is 28.7 Å². The van der Waals surface area contributed by atoms with Crippen LogP contribution in [0.3, 0.4) is 0 Å². The van der Waals surface area contributed by atoms with Crippen LogP contribution in [-0.2, 0) is 20.1 Å². The molecule has 0 bridgehead atoms. The van der Waals surface area contributed by atoms with E-state index in [0.717, 1.165) is 66.4 Å². The van der Waals surface area contributed by atoms with Gasteiger partial charge in [0.15, 0.2) is 17.3 Å². The summed E-state index contributed by atoms with van der Waals surface area (Å²) in [4.78, 5) is 18.1. The number of aromatic hydroxyl groups is 1. The topological polar surface area (TPSA) is 85.6 Å². The van der Waals surface area contributed by atoms with Crippen LogP contribution in [0.1, 0.15) is 27.0 Å². The summed E-state index contributed by atoms with van der Waals surface area (Å²) in [7, 11) is 3.60. The monoisotopic (exact) mass is 553 g/mol. The number of phenols is 1. The van der Waals surface area contributed by atoms with Gasteiger partial charge in [0, 0.05) is 69.0 Å². The summed E-state index contributed by atoms with van der Waals surface area (Å²) in [5.74, 6) is 2.98. The van der Waals surface area contributed by atoms with E-state index in [4.69, 9.17) is 18.9 Å². The van der Waals surface area contributed by atoms with Crippen LogP contribution >= 0.6 is 0 Å². The largest absolute Gasteiger partial charge is 0.507 e. The first-order valence-corrected chi connectivity index (χ1v) is 13.7. The van der Waals surface area contributed by atoms with Crippen molar-refractivity contribution in [3.05, 3.63) is 82.7 Å². The van der Waals surface area contributed by atoms with Gasteiger partial charge in [-0.1, -0.05) is 6.07 Å². The number of carbonyl (C=O) groups excluding carboxylic acids is 1. The lowest BCUT2D eigenvalue weighted by molar-refractivity contribution is 0.101. The highest BCUT2D eigenvalue weighted by molar-refractivity contribution is 6.15. The second-order valence-electron chi connectivity index (χ2n) is 10.7. The van der Waals surface area contributed by atoms with E-state index in [9.17, 15) is 9.90 Å². The highest BCUT2D eigenvalue weighted by Gasteiger charge is 2.32. The van der Waals surface area contributed by atoms with Gasteiger partial charge in [-0.2, -0.15) is 0 Å². The highest BCUT2D eigenvalue weighted by Crippen LogP contribution is 2.41. The number of benzene rings is 3. The van der Waals surface area contributed by atoms with E-state index in [2.05, 4.69) is 15.9 Å². The summed E-state index contributed by atoms with van der Waals surface area (Å²) in [6, 6.07) is 15.2. The summed E-state index contributed by atoms with van der Waals surface area (Å²) >= 11 is 0. The molecule has 9 heteroatoms. The molecule has 0 saturated carbocycles. The minimum Gasteiger partial charge on any atom is -0.507 e. The highest BCUT2D eigenvalue weighted by atomic mass is 16.7. The lowest BCUT2D eigenvalue weighted by Gasteiger charge is -2.35. The zero-order valence-corrected chi connectivity index (χ0v) is 23.1. The summed E-state index contributed by atoms with van der Waals surface area (Å²) < 4.78 is 24.5. The summed E-state index contributed by atoms with van der Waals surface area (Å²) in [5, 5.41) is 11.8. The Bertz CT molecular complexity index is 1700. The number of piperazine rings is 1.